The quantitative estimate of drug-likeness (QED) is 0.413. The van der Waals surface area contributed by atoms with Gasteiger partial charge in [-0.25, -0.2) is 9.97 Å². The molecule has 0 spiro atoms. The lowest BCUT2D eigenvalue weighted by Gasteiger charge is -2.14. The lowest BCUT2D eigenvalue weighted by atomic mass is 10.0. The number of benzene rings is 1. The van der Waals surface area contributed by atoms with Crippen LogP contribution in [0.5, 0.6) is 0 Å². The number of Topliss-reactive ketones (excluding diaryl/α,β-unsaturated/α-hetero) is 1. The SMILES string of the molecule is CSc1ncc(C(=O)Cc2c(Cl)cccc2Cl)c(NCCN(C)C)n1. The Morgan fingerprint density at radius 1 is 1.28 bits per heavy atom. The van der Waals surface area contributed by atoms with Gasteiger partial charge in [0.15, 0.2) is 10.9 Å². The predicted octanol–water partition coefficient (Wildman–Crippen LogP) is 3.90. The van der Waals surface area contributed by atoms with Crippen LogP contribution in [-0.4, -0.2) is 54.1 Å². The number of thioether (sulfide) groups is 1. The van der Waals surface area contributed by atoms with Crippen LogP contribution in [0.4, 0.5) is 5.82 Å². The van der Waals surface area contributed by atoms with Crippen molar-refractivity contribution in [3.05, 3.63) is 45.6 Å². The minimum atomic E-state index is -0.130. The van der Waals surface area contributed by atoms with Gasteiger partial charge in [-0.15, -0.1) is 0 Å². The maximum atomic E-state index is 12.8. The minimum absolute atomic E-state index is 0.100. The van der Waals surface area contributed by atoms with E-state index in [0.717, 1.165) is 6.54 Å². The molecule has 0 fully saturated rings. The van der Waals surface area contributed by atoms with Gasteiger partial charge >= 0.3 is 0 Å². The van der Waals surface area contributed by atoms with Crippen molar-refractivity contribution in [1.82, 2.24) is 14.9 Å². The Kier molecular flexibility index (Phi) is 7.50. The lowest BCUT2D eigenvalue weighted by molar-refractivity contribution is 0.0993. The molecule has 0 unspecified atom stereocenters. The Morgan fingerprint density at radius 2 is 1.96 bits per heavy atom. The Hall–Kier alpha value is -1.34. The third-order valence-corrected chi connectivity index (χ3v) is 4.77. The van der Waals surface area contributed by atoms with Gasteiger partial charge in [0.1, 0.15) is 5.82 Å². The molecule has 0 aliphatic rings. The summed E-state index contributed by atoms with van der Waals surface area (Å²) in [4.78, 5) is 23.5. The number of hydrogen-bond acceptors (Lipinski definition) is 6. The van der Waals surface area contributed by atoms with E-state index in [1.165, 1.54) is 11.8 Å². The minimum Gasteiger partial charge on any atom is -0.368 e. The molecule has 134 valence electrons. The number of rotatable bonds is 8. The average Bonchev–Trinajstić information content (AvgIpc) is 2.57. The highest BCUT2D eigenvalue weighted by Gasteiger charge is 2.18. The number of halogens is 2. The molecule has 2 aromatic rings. The van der Waals surface area contributed by atoms with Crippen molar-refractivity contribution >= 4 is 46.6 Å². The summed E-state index contributed by atoms with van der Waals surface area (Å²) in [5.41, 5.74) is 1.05. The molecule has 2 rings (SSSR count). The van der Waals surface area contributed by atoms with Crippen molar-refractivity contribution in [1.29, 1.82) is 0 Å². The number of likely N-dealkylation sites (N-methyl/N-ethyl adjacent to an activating group) is 1. The average molecular weight is 399 g/mol. The zero-order valence-electron chi connectivity index (χ0n) is 14.3. The molecule has 0 bridgehead atoms. The number of nitrogens with zero attached hydrogens (tertiary/aromatic N) is 3. The highest BCUT2D eigenvalue weighted by atomic mass is 35.5. The number of aromatic nitrogens is 2. The molecule has 0 radical (unpaired) electrons. The van der Waals surface area contributed by atoms with E-state index in [1.807, 2.05) is 20.4 Å². The number of carbonyl (C=O) groups excluding carboxylic acids is 1. The molecule has 0 amide bonds. The maximum Gasteiger partial charge on any atom is 0.189 e. The van der Waals surface area contributed by atoms with Gasteiger partial charge in [0.25, 0.3) is 0 Å². The number of hydrogen-bond donors (Lipinski definition) is 1. The summed E-state index contributed by atoms with van der Waals surface area (Å²) in [6, 6.07) is 5.20. The number of carbonyl (C=O) groups is 1. The van der Waals surface area contributed by atoms with Crippen molar-refractivity contribution in [2.75, 3.05) is 38.8 Å². The first-order valence-corrected chi connectivity index (χ1v) is 9.66. The van der Waals surface area contributed by atoms with Crippen LogP contribution >= 0.6 is 35.0 Å². The van der Waals surface area contributed by atoms with Gasteiger partial charge in [-0.05, 0) is 38.0 Å². The molecule has 8 heteroatoms. The van der Waals surface area contributed by atoms with Crippen molar-refractivity contribution in [3.8, 4) is 0 Å². The van der Waals surface area contributed by atoms with Crippen LogP contribution in [0.25, 0.3) is 0 Å². The van der Waals surface area contributed by atoms with Gasteiger partial charge in [0.2, 0.25) is 0 Å². The third kappa shape index (κ3) is 5.57. The normalized spacial score (nSPS) is 11.0. The van der Waals surface area contributed by atoms with Gasteiger partial charge in [-0.1, -0.05) is 41.0 Å². The fourth-order valence-corrected chi connectivity index (χ4v) is 3.03. The molecule has 1 heterocycles. The number of ketones is 1. The predicted molar refractivity (Wildman–Crippen MR) is 105 cm³/mol. The van der Waals surface area contributed by atoms with Gasteiger partial charge in [0.05, 0.1) is 5.56 Å². The second-order valence-corrected chi connectivity index (χ2v) is 7.24. The van der Waals surface area contributed by atoms with E-state index in [0.29, 0.717) is 38.7 Å². The Balaban J connectivity index is 2.25. The van der Waals surface area contributed by atoms with Gasteiger partial charge in [0, 0.05) is 35.8 Å². The number of anilines is 1. The molecule has 25 heavy (non-hydrogen) atoms. The third-order valence-electron chi connectivity index (χ3n) is 3.50. The summed E-state index contributed by atoms with van der Waals surface area (Å²) >= 11 is 13.8. The van der Waals surface area contributed by atoms with Crippen LogP contribution in [0.1, 0.15) is 15.9 Å². The van der Waals surface area contributed by atoms with Crippen molar-refractivity contribution in [2.45, 2.75) is 11.6 Å². The summed E-state index contributed by atoms with van der Waals surface area (Å²) in [7, 11) is 3.97. The van der Waals surface area contributed by atoms with E-state index in [4.69, 9.17) is 23.2 Å². The Morgan fingerprint density at radius 3 is 2.56 bits per heavy atom. The second-order valence-electron chi connectivity index (χ2n) is 5.65. The second kappa shape index (κ2) is 9.38. The summed E-state index contributed by atoms with van der Waals surface area (Å²) in [5, 5.41) is 4.79. The summed E-state index contributed by atoms with van der Waals surface area (Å²) in [5.74, 6) is 0.407. The lowest BCUT2D eigenvalue weighted by Crippen LogP contribution is -2.22. The molecular formula is C17H20Cl2N4OS. The molecule has 5 nitrogen and oxygen atoms in total. The van der Waals surface area contributed by atoms with Crippen LogP contribution in [0, 0.1) is 0 Å². The highest BCUT2D eigenvalue weighted by molar-refractivity contribution is 7.98. The van der Waals surface area contributed by atoms with E-state index in [-0.39, 0.29) is 12.2 Å². The molecule has 1 N–H and O–H groups in total. The van der Waals surface area contributed by atoms with E-state index >= 15 is 0 Å². The monoisotopic (exact) mass is 398 g/mol. The summed E-state index contributed by atoms with van der Waals surface area (Å²) in [6.07, 6.45) is 3.55. The molecular weight excluding hydrogens is 379 g/mol. The van der Waals surface area contributed by atoms with Gasteiger partial charge in [-0.3, -0.25) is 4.79 Å². The smallest absolute Gasteiger partial charge is 0.189 e. The summed E-state index contributed by atoms with van der Waals surface area (Å²) in [6.45, 7) is 1.49. The van der Waals surface area contributed by atoms with Crippen LogP contribution in [-0.2, 0) is 6.42 Å². The molecule has 0 saturated heterocycles. The van der Waals surface area contributed by atoms with Gasteiger partial charge in [-0.2, -0.15) is 0 Å². The largest absolute Gasteiger partial charge is 0.368 e. The molecule has 1 aromatic carbocycles. The number of nitrogens with one attached hydrogen (secondary N) is 1. The first kappa shape index (κ1) is 20.0. The molecule has 0 saturated carbocycles. The van der Waals surface area contributed by atoms with E-state index < -0.39 is 0 Å². The van der Waals surface area contributed by atoms with Crippen molar-refractivity contribution in [2.24, 2.45) is 0 Å². The summed E-state index contributed by atoms with van der Waals surface area (Å²) < 4.78 is 0. The molecule has 0 aliphatic heterocycles. The van der Waals surface area contributed by atoms with E-state index in [2.05, 4.69) is 20.2 Å². The molecule has 1 aromatic heterocycles. The van der Waals surface area contributed by atoms with E-state index in [1.54, 1.807) is 24.4 Å². The fourth-order valence-electron chi connectivity index (χ4n) is 2.16. The van der Waals surface area contributed by atoms with Crippen LogP contribution in [0.15, 0.2) is 29.6 Å². The maximum absolute atomic E-state index is 12.8. The first-order chi connectivity index (χ1) is 11.9. The van der Waals surface area contributed by atoms with Crippen molar-refractivity contribution in [3.63, 3.8) is 0 Å². The van der Waals surface area contributed by atoms with Crippen LogP contribution in [0.2, 0.25) is 10.0 Å². The standard InChI is InChI=1S/C17H20Cl2N4OS/c1-23(2)8-7-20-16-12(10-21-17(22-16)25-3)15(24)9-11-13(18)5-4-6-14(11)19/h4-6,10H,7-9H2,1-3H3,(H,20,21,22). The molecule has 0 aliphatic carbocycles. The van der Waals surface area contributed by atoms with Crippen molar-refractivity contribution < 1.29 is 4.79 Å². The fraction of sp³-hybridized carbons (Fsp3) is 0.353. The van der Waals surface area contributed by atoms with Crippen LogP contribution in [0.3, 0.4) is 0 Å². The zero-order chi connectivity index (χ0) is 18.4. The molecule has 0 atom stereocenters. The highest BCUT2D eigenvalue weighted by Crippen LogP contribution is 2.27. The zero-order valence-corrected chi connectivity index (χ0v) is 16.7. The topological polar surface area (TPSA) is 58.1 Å². The first-order valence-electron chi connectivity index (χ1n) is 7.68. The van der Waals surface area contributed by atoms with Crippen LogP contribution < -0.4 is 5.32 Å². The Bertz CT molecular complexity index is 735. The Labute approximate surface area is 162 Å². The van der Waals surface area contributed by atoms with E-state index in [9.17, 15) is 4.79 Å². The van der Waals surface area contributed by atoms with Gasteiger partial charge < -0.3 is 10.2 Å².